The molecule has 5 heteroatoms. The van der Waals surface area contributed by atoms with E-state index in [2.05, 4.69) is 4.74 Å². The van der Waals surface area contributed by atoms with Crippen LogP contribution in [-0.2, 0) is 4.74 Å². The summed E-state index contributed by atoms with van der Waals surface area (Å²) in [5, 5.41) is 0. The van der Waals surface area contributed by atoms with E-state index in [1.54, 1.807) is 0 Å². The van der Waals surface area contributed by atoms with Crippen LogP contribution >= 0.6 is 0 Å². The maximum atomic E-state index is 11.7. The lowest BCUT2D eigenvalue weighted by molar-refractivity contribution is -0.213. The van der Waals surface area contributed by atoms with Crippen molar-refractivity contribution in [2.75, 3.05) is 13.7 Å². The largest absolute Gasteiger partial charge is 0.414 e. The lowest BCUT2D eigenvalue weighted by Crippen LogP contribution is -2.32. The van der Waals surface area contributed by atoms with E-state index in [1.807, 2.05) is 0 Å². The summed E-state index contributed by atoms with van der Waals surface area (Å²) in [6.45, 7) is -0.0159. The number of hydrogen-bond acceptors (Lipinski definition) is 2. The van der Waals surface area contributed by atoms with Crippen LogP contribution in [-0.4, -0.2) is 25.9 Å². The average Bonchev–Trinajstić information content (AvgIpc) is 1.80. The van der Waals surface area contributed by atoms with E-state index in [1.165, 1.54) is 0 Å². The van der Waals surface area contributed by atoms with Gasteiger partial charge in [0.2, 0.25) is 0 Å². The van der Waals surface area contributed by atoms with Crippen molar-refractivity contribution < 1.29 is 17.9 Å². The van der Waals surface area contributed by atoms with E-state index in [9.17, 15) is 13.2 Å². The van der Waals surface area contributed by atoms with Crippen LogP contribution < -0.4 is 5.73 Å². The SMILES string of the molecule is COC(CCN)C(F)(F)F. The summed E-state index contributed by atoms with van der Waals surface area (Å²) in [6.07, 6.45) is -6.17. The van der Waals surface area contributed by atoms with Crippen molar-refractivity contribution >= 4 is 0 Å². The van der Waals surface area contributed by atoms with Crippen LogP contribution in [0, 0.1) is 0 Å². The van der Waals surface area contributed by atoms with Gasteiger partial charge in [-0.25, -0.2) is 0 Å². The average molecular weight is 157 g/mol. The second-order valence-corrected chi connectivity index (χ2v) is 1.84. The molecule has 1 atom stereocenters. The van der Waals surface area contributed by atoms with E-state index < -0.39 is 12.3 Å². The smallest absolute Gasteiger partial charge is 0.372 e. The minimum atomic E-state index is -4.28. The third-order valence-electron chi connectivity index (χ3n) is 1.08. The minimum Gasteiger partial charge on any atom is -0.372 e. The van der Waals surface area contributed by atoms with Crippen molar-refractivity contribution in [3.05, 3.63) is 0 Å². The van der Waals surface area contributed by atoms with E-state index in [0.717, 1.165) is 7.11 Å². The van der Waals surface area contributed by atoms with Crippen LogP contribution in [0.2, 0.25) is 0 Å². The van der Waals surface area contributed by atoms with Gasteiger partial charge in [0, 0.05) is 7.11 Å². The molecule has 0 aliphatic heterocycles. The molecule has 0 heterocycles. The third kappa shape index (κ3) is 3.03. The van der Waals surface area contributed by atoms with Gasteiger partial charge in [-0.2, -0.15) is 13.2 Å². The Hall–Kier alpha value is -0.290. The molecule has 0 saturated carbocycles. The highest BCUT2D eigenvalue weighted by Gasteiger charge is 2.38. The monoisotopic (exact) mass is 157 g/mol. The molecule has 2 N–H and O–H groups in total. The second-order valence-electron chi connectivity index (χ2n) is 1.84. The van der Waals surface area contributed by atoms with Crippen molar-refractivity contribution in [3.8, 4) is 0 Å². The number of rotatable bonds is 3. The van der Waals surface area contributed by atoms with Gasteiger partial charge < -0.3 is 10.5 Å². The van der Waals surface area contributed by atoms with Gasteiger partial charge in [0.25, 0.3) is 0 Å². The fraction of sp³-hybridized carbons (Fsp3) is 1.00. The predicted molar refractivity (Wildman–Crippen MR) is 30.5 cm³/mol. The van der Waals surface area contributed by atoms with Crippen molar-refractivity contribution in [2.45, 2.75) is 18.7 Å². The van der Waals surface area contributed by atoms with Gasteiger partial charge in [0.15, 0.2) is 6.10 Å². The molecular weight excluding hydrogens is 147 g/mol. The molecule has 0 aromatic rings. The van der Waals surface area contributed by atoms with Gasteiger partial charge in [-0.3, -0.25) is 0 Å². The number of methoxy groups -OCH3 is 1. The first-order chi connectivity index (χ1) is 4.52. The molecule has 1 unspecified atom stereocenters. The molecule has 0 spiro atoms. The summed E-state index contributed by atoms with van der Waals surface area (Å²) >= 11 is 0. The lowest BCUT2D eigenvalue weighted by atomic mass is 10.2. The van der Waals surface area contributed by atoms with Gasteiger partial charge in [-0.15, -0.1) is 0 Å². The molecule has 2 nitrogen and oxygen atoms in total. The topological polar surface area (TPSA) is 35.2 Å². The summed E-state index contributed by atoms with van der Waals surface area (Å²) in [5.74, 6) is 0. The zero-order valence-electron chi connectivity index (χ0n) is 5.61. The molecule has 0 fully saturated rings. The summed E-state index contributed by atoms with van der Waals surface area (Å²) in [7, 11) is 1.02. The third-order valence-corrected chi connectivity index (χ3v) is 1.08. The highest BCUT2D eigenvalue weighted by molar-refractivity contribution is 4.66. The fourth-order valence-electron chi connectivity index (χ4n) is 0.567. The highest BCUT2D eigenvalue weighted by Crippen LogP contribution is 2.23. The van der Waals surface area contributed by atoms with E-state index >= 15 is 0 Å². The van der Waals surface area contributed by atoms with Gasteiger partial charge >= 0.3 is 6.18 Å². The summed E-state index contributed by atoms with van der Waals surface area (Å²) < 4.78 is 39.3. The quantitative estimate of drug-likeness (QED) is 0.660. The Morgan fingerprint density at radius 3 is 2.10 bits per heavy atom. The maximum Gasteiger partial charge on any atom is 0.414 e. The van der Waals surface area contributed by atoms with Gasteiger partial charge in [0.05, 0.1) is 0 Å². The molecule has 62 valence electrons. The Bertz CT molecular complexity index is 93.4. The zero-order chi connectivity index (χ0) is 8.20. The molecule has 0 aliphatic carbocycles. The van der Waals surface area contributed by atoms with Crippen LogP contribution in [0.5, 0.6) is 0 Å². The Labute approximate surface area is 57.1 Å². The molecule has 0 aromatic carbocycles. The van der Waals surface area contributed by atoms with Gasteiger partial charge in [-0.05, 0) is 13.0 Å². The zero-order valence-corrected chi connectivity index (χ0v) is 5.61. The number of ether oxygens (including phenoxy) is 1. The van der Waals surface area contributed by atoms with E-state index in [4.69, 9.17) is 5.73 Å². The number of nitrogens with two attached hydrogens (primary N) is 1. The molecule has 0 amide bonds. The Balaban J connectivity index is 3.81. The number of halogens is 3. The summed E-state index contributed by atoms with van der Waals surface area (Å²) in [5.41, 5.74) is 4.92. The molecule has 0 aliphatic rings. The first-order valence-electron chi connectivity index (χ1n) is 2.82. The van der Waals surface area contributed by atoms with Crippen LogP contribution in [0.3, 0.4) is 0 Å². The summed E-state index contributed by atoms with van der Waals surface area (Å²) in [4.78, 5) is 0. The molecule has 0 saturated heterocycles. The normalized spacial score (nSPS) is 15.3. The Morgan fingerprint density at radius 1 is 1.50 bits per heavy atom. The molecule has 0 aromatic heterocycles. The van der Waals surface area contributed by atoms with Crippen LogP contribution in [0.1, 0.15) is 6.42 Å². The van der Waals surface area contributed by atoms with Crippen molar-refractivity contribution in [1.29, 1.82) is 0 Å². The molecule has 0 radical (unpaired) electrons. The number of hydrogen-bond donors (Lipinski definition) is 1. The summed E-state index contributed by atoms with van der Waals surface area (Å²) in [6, 6.07) is 0. The number of alkyl halides is 3. The lowest BCUT2D eigenvalue weighted by Gasteiger charge is -2.17. The van der Waals surface area contributed by atoms with Crippen molar-refractivity contribution in [1.82, 2.24) is 0 Å². The second kappa shape index (κ2) is 3.78. The molecule has 10 heavy (non-hydrogen) atoms. The molecule has 0 bridgehead atoms. The standard InChI is InChI=1S/C5H10F3NO/c1-10-4(2-3-9)5(6,7)8/h4H,2-3,9H2,1H3. The van der Waals surface area contributed by atoms with Crippen molar-refractivity contribution in [2.24, 2.45) is 5.73 Å². The first-order valence-corrected chi connectivity index (χ1v) is 2.82. The maximum absolute atomic E-state index is 11.7. The first kappa shape index (κ1) is 9.71. The van der Waals surface area contributed by atoms with Crippen molar-refractivity contribution in [3.63, 3.8) is 0 Å². The molecule has 0 rings (SSSR count). The Kier molecular flexibility index (Phi) is 3.67. The molecular formula is C5H10F3NO. The fourth-order valence-corrected chi connectivity index (χ4v) is 0.567. The van der Waals surface area contributed by atoms with Crippen LogP contribution in [0.4, 0.5) is 13.2 Å². The van der Waals surface area contributed by atoms with Crippen LogP contribution in [0.25, 0.3) is 0 Å². The Morgan fingerprint density at radius 2 is 2.00 bits per heavy atom. The van der Waals surface area contributed by atoms with E-state index in [-0.39, 0.29) is 13.0 Å². The van der Waals surface area contributed by atoms with Crippen LogP contribution in [0.15, 0.2) is 0 Å². The van der Waals surface area contributed by atoms with E-state index in [0.29, 0.717) is 0 Å². The predicted octanol–water partition coefficient (Wildman–Crippen LogP) is 0.912. The van der Waals surface area contributed by atoms with Gasteiger partial charge in [0.1, 0.15) is 0 Å². The van der Waals surface area contributed by atoms with Gasteiger partial charge in [-0.1, -0.05) is 0 Å². The highest BCUT2D eigenvalue weighted by atomic mass is 19.4. The minimum absolute atomic E-state index is 0.0159.